The van der Waals surface area contributed by atoms with Crippen LogP contribution < -0.4 is 19.1 Å². The van der Waals surface area contributed by atoms with E-state index in [2.05, 4.69) is 0 Å². The highest BCUT2D eigenvalue weighted by Gasteiger charge is 2.45. The monoisotopic (exact) mass is 440 g/mol. The summed E-state index contributed by atoms with van der Waals surface area (Å²) in [6.07, 6.45) is 1.61. The maximum atomic E-state index is 12.9. The summed E-state index contributed by atoms with van der Waals surface area (Å²) in [6.45, 7) is 6.93. The molecule has 2 aromatic carbocycles. The van der Waals surface area contributed by atoms with E-state index in [0.717, 1.165) is 28.2 Å². The predicted molar refractivity (Wildman–Crippen MR) is 119 cm³/mol. The van der Waals surface area contributed by atoms with Crippen molar-refractivity contribution in [1.82, 2.24) is 4.90 Å². The van der Waals surface area contributed by atoms with Gasteiger partial charge in [0.05, 0.1) is 25.4 Å². The summed E-state index contributed by atoms with van der Waals surface area (Å²) in [5.41, 5.74) is 1.35. The van der Waals surface area contributed by atoms with Crippen LogP contribution in [0.15, 0.2) is 42.5 Å². The van der Waals surface area contributed by atoms with Crippen molar-refractivity contribution >= 4 is 23.5 Å². The molecule has 8 heteroatoms. The number of hydrogen-bond acceptors (Lipinski definition) is 6. The van der Waals surface area contributed by atoms with Crippen LogP contribution in [0.2, 0.25) is 0 Å². The van der Waals surface area contributed by atoms with Crippen LogP contribution in [0.3, 0.4) is 0 Å². The molecule has 4 amide bonds. The van der Waals surface area contributed by atoms with Crippen LogP contribution in [-0.4, -0.2) is 49.1 Å². The van der Waals surface area contributed by atoms with Gasteiger partial charge in [-0.2, -0.15) is 0 Å². The lowest BCUT2D eigenvalue weighted by atomic mass is 10.2. The van der Waals surface area contributed by atoms with E-state index in [9.17, 15) is 14.4 Å². The molecule has 1 aliphatic heterocycles. The van der Waals surface area contributed by atoms with Crippen LogP contribution in [0, 0.1) is 6.92 Å². The van der Waals surface area contributed by atoms with Gasteiger partial charge in [0, 0.05) is 6.07 Å². The van der Waals surface area contributed by atoms with Crippen molar-refractivity contribution in [2.75, 3.05) is 31.3 Å². The van der Waals surface area contributed by atoms with Crippen molar-refractivity contribution in [1.29, 1.82) is 0 Å². The van der Waals surface area contributed by atoms with Gasteiger partial charge in [0.1, 0.15) is 12.4 Å². The number of ether oxygens (including phenoxy) is 3. The van der Waals surface area contributed by atoms with Crippen molar-refractivity contribution in [3.8, 4) is 17.2 Å². The molecule has 1 aliphatic rings. The summed E-state index contributed by atoms with van der Waals surface area (Å²) in [5.74, 6) is -0.220. The van der Waals surface area contributed by atoms with Gasteiger partial charge in [-0.1, -0.05) is 31.5 Å². The van der Waals surface area contributed by atoms with Crippen molar-refractivity contribution in [2.24, 2.45) is 0 Å². The molecule has 0 unspecified atom stereocenters. The Morgan fingerprint density at radius 2 is 1.41 bits per heavy atom. The minimum atomic E-state index is -0.908. The smallest absolute Gasteiger partial charge is 0.339 e. The van der Waals surface area contributed by atoms with Crippen LogP contribution in [-0.2, 0) is 9.59 Å². The van der Waals surface area contributed by atoms with Crippen molar-refractivity contribution < 1.29 is 28.6 Å². The lowest BCUT2D eigenvalue weighted by Gasteiger charge is -2.18. The SMILES string of the molecule is CCCOc1ccc(N2C(=O)C(=O)N(CCOc3ccc(C)cc3)C2=O)cc1OCCC. The van der Waals surface area contributed by atoms with E-state index in [1.165, 1.54) is 0 Å². The Labute approximate surface area is 187 Å². The van der Waals surface area contributed by atoms with E-state index in [0.29, 0.717) is 30.5 Å². The minimum Gasteiger partial charge on any atom is -0.492 e. The molecule has 0 aliphatic carbocycles. The summed E-state index contributed by atoms with van der Waals surface area (Å²) in [7, 11) is 0. The number of imide groups is 2. The summed E-state index contributed by atoms with van der Waals surface area (Å²) in [5, 5.41) is 0. The lowest BCUT2D eigenvalue weighted by molar-refractivity contribution is -0.139. The molecule has 0 bridgehead atoms. The molecule has 3 rings (SSSR count). The molecule has 2 aromatic rings. The predicted octanol–water partition coefficient (Wildman–Crippen LogP) is 3.95. The molecule has 32 heavy (non-hydrogen) atoms. The summed E-state index contributed by atoms with van der Waals surface area (Å²) >= 11 is 0. The fourth-order valence-corrected chi connectivity index (χ4v) is 3.11. The van der Waals surface area contributed by atoms with Crippen LogP contribution >= 0.6 is 0 Å². The fourth-order valence-electron chi connectivity index (χ4n) is 3.11. The first-order valence-corrected chi connectivity index (χ1v) is 10.7. The third-order valence-corrected chi connectivity index (χ3v) is 4.77. The Morgan fingerprint density at radius 1 is 0.750 bits per heavy atom. The Bertz CT molecular complexity index is 973. The quantitative estimate of drug-likeness (QED) is 0.389. The van der Waals surface area contributed by atoms with Crippen LogP contribution in [0.25, 0.3) is 0 Å². The number of carbonyl (C=O) groups is 3. The zero-order valence-electron chi connectivity index (χ0n) is 18.6. The molecule has 0 atom stereocenters. The van der Waals surface area contributed by atoms with E-state index in [4.69, 9.17) is 14.2 Å². The number of urea groups is 1. The molecule has 1 heterocycles. The zero-order chi connectivity index (χ0) is 23.1. The Kier molecular flexibility index (Phi) is 7.70. The number of anilines is 1. The van der Waals surface area contributed by atoms with E-state index >= 15 is 0 Å². The molecule has 0 aromatic heterocycles. The average molecular weight is 440 g/mol. The maximum Gasteiger partial charge on any atom is 0.339 e. The van der Waals surface area contributed by atoms with Crippen molar-refractivity contribution in [3.05, 3.63) is 48.0 Å². The van der Waals surface area contributed by atoms with Crippen molar-refractivity contribution in [2.45, 2.75) is 33.6 Å². The second-order valence-corrected chi connectivity index (χ2v) is 7.37. The van der Waals surface area contributed by atoms with Gasteiger partial charge in [0.15, 0.2) is 11.5 Å². The largest absolute Gasteiger partial charge is 0.492 e. The molecule has 0 radical (unpaired) electrons. The lowest BCUT2D eigenvalue weighted by Crippen LogP contribution is -2.36. The van der Waals surface area contributed by atoms with Crippen molar-refractivity contribution in [3.63, 3.8) is 0 Å². The standard InChI is InChI=1S/C24H28N2O6/c1-4-13-31-20-11-8-18(16-21(20)32-14-5-2)26-23(28)22(27)25(24(26)29)12-15-30-19-9-6-17(3)7-10-19/h6-11,16H,4-5,12-15H2,1-3H3. The van der Waals surface area contributed by atoms with Gasteiger partial charge in [-0.15, -0.1) is 0 Å². The van der Waals surface area contributed by atoms with Crippen LogP contribution in [0.1, 0.15) is 32.3 Å². The normalized spacial score (nSPS) is 13.7. The molecule has 1 fully saturated rings. The topological polar surface area (TPSA) is 85.4 Å². The van der Waals surface area contributed by atoms with E-state index in [1.807, 2.05) is 32.9 Å². The first kappa shape index (κ1) is 23.1. The molecule has 8 nitrogen and oxygen atoms in total. The summed E-state index contributed by atoms with van der Waals surface area (Å²) in [6, 6.07) is 11.5. The average Bonchev–Trinajstić information content (AvgIpc) is 3.00. The number of amides is 4. The number of hydrogen-bond donors (Lipinski definition) is 0. The van der Waals surface area contributed by atoms with Gasteiger partial charge in [0.2, 0.25) is 0 Å². The third kappa shape index (κ3) is 5.19. The Hall–Kier alpha value is -3.55. The van der Waals surface area contributed by atoms with Gasteiger partial charge >= 0.3 is 17.8 Å². The van der Waals surface area contributed by atoms with E-state index in [1.54, 1.807) is 30.3 Å². The van der Waals surface area contributed by atoms with Gasteiger partial charge in [-0.05, 0) is 44.0 Å². The highest BCUT2D eigenvalue weighted by atomic mass is 16.5. The molecule has 0 N–H and O–H groups in total. The number of carbonyl (C=O) groups excluding carboxylic acids is 3. The van der Waals surface area contributed by atoms with E-state index in [-0.39, 0.29) is 18.8 Å². The molecule has 170 valence electrons. The van der Waals surface area contributed by atoms with Crippen LogP contribution in [0.4, 0.5) is 10.5 Å². The van der Waals surface area contributed by atoms with E-state index < -0.39 is 17.8 Å². The number of benzene rings is 2. The maximum absolute atomic E-state index is 12.9. The van der Waals surface area contributed by atoms with Crippen LogP contribution in [0.5, 0.6) is 17.2 Å². The molecule has 0 spiro atoms. The van der Waals surface area contributed by atoms with Gasteiger partial charge in [0.25, 0.3) is 0 Å². The molecular formula is C24H28N2O6. The second-order valence-electron chi connectivity index (χ2n) is 7.37. The number of nitrogens with zero attached hydrogens (tertiary/aromatic N) is 2. The molecule has 0 saturated carbocycles. The Balaban J connectivity index is 1.73. The first-order valence-electron chi connectivity index (χ1n) is 10.7. The summed E-state index contributed by atoms with van der Waals surface area (Å²) < 4.78 is 17.0. The first-order chi connectivity index (χ1) is 15.5. The highest BCUT2D eigenvalue weighted by Crippen LogP contribution is 2.34. The minimum absolute atomic E-state index is 0.0370. The second kappa shape index (κ2) is 10.7. The van der Waals surface area contributed by atoms with Gasteiger partial charge in [-0.25, -0.2) is 9.69 Å². The zero-order valence-corrected chi connectivity index (χ0v) is 18.6. The number of aryl methyl sites for hydroxylation is 1. The van der Waals surface area contributed by atoms with Gasteiger partial charge < -0.3 is 14.2 Å². The number of rotatable bonds is 11. The summed E-state index contributed by atoms with van der Waals surface area (Å²) in [4.78, 5) is 39.7. The third-order valence-electron chi connectivity index (χ3n) is 4.77. The molecule has 1 saturated heterocycles. The highest BCUT2D eigenvalue weighted by molar-refractivity contribution is 6.52. The molecular weight excluding hydrogens is 412 g/mol. The van der Waals surface area contributed by atoms with Gasteiger partial charge in [-0.3, -0.25) is 14.5 Å². The Morgan fingerprint density at radius 3 is 2.06 bits per heavy atom. The fraction of sp³-hybridized carbons (Fsp3) is 0.375.